The number of fused-ring (bicyclic) bond motifs is 3. The van der Waals surface area contributed by atoms with Gasteiger partial charge in [-0.15, -0.1) is 0 Å². The van der Waals surface area contributed by atoms with Crippen LogP contribution in [0.2, 0.25) is 0 Å². The third kappa shape index (κ3) is 3.89. The minimum Gasteiger partial charge on any atom is -0.504 e. The predicted molar refractivity (Wildman–Crippen MR) is 121 cm³/mol. The molecule has 0 fully saturated rings. The van der Waals surface area contributed by atoms with E-state index in [1.54, 1.807) is 34.5 Å². The second kappa shape index (κ2) is 8.49. The molecule has 7 heteroatoms. The summed E-state index contributed by atoms with van der Waals surface area (Å²) in [6.45, 7) is 1.19. The number of aromatic hydroxyl groups is 1. The van der Waals surface area contributed by atoms with Gasteiger partial charge in [-0.3, -0.25) is 4.79 Å². The molecule has 0 atom stereocenters. The van der Waals surface area contributed by atoms with Crippen LogP contribution in [0.3, 0.4) is 0 Å². The van der Waals surface area contributed by atoms with E-state index >= 15 is 0 Å². The van der Waals surface area contributed by atoms with E-state index in [1.165, 1.54) is 26.7 Å². The van der Waals surface area contributed by atoms with Crippen molar-refractivity contribution >= 4 is 29.4 Å². The number of phenols is 1. The van der Waals surface area contributed by atoms with Crippen LogP contribution in [0.25, 0.3) is 11.1 Å². The monoisotopic (exact) mass is 451 g/mol. The molecule has 1 N–H and O–H groups in total. The van der Waals surface area contributed by atoms with Crippen LogP contribution in [0.5, 0.6) is 11.5 Å². The van der Waals surface area contributed by atoms with E-state index in [9.17, 15) is 9.90 Å². The summed E-state index contributed by atoms with van der Waals surface area (Å²) in [5.74, 6) is 0.457. The average Bonchev–Trinajstić information content (AvgIpc) is 3.00. The predicted octanol–water partition coefficient (Wildman–Crippen LogP) is 5.04. The molecule has 5 rings (SSSR count). The van der Waals surface area contributed by atoms with E-state index in [-0.39, 0.29) is 18.3 Å². The molecular formula is C24H21NO4S2. The van der Waals surface area contributed by atoms with Crippen LogP contribution in [0.1, 0.15) is 5.56 Å². The summed E-state index contributed by atoms with van der Waals surface area (Å²) in [5, 5.41) is 10.7. The Hall–Kier alpha value is -2.61. The highest BCUT2D eigenvalue weighted by atomic mass is 32.2. The fraction of sp³-hybridized carbons (Fsp3) is 0.208. The van der Waals surface area contributed by atoms with Gasteiger partial charge in [-0.05, 0) is 41.5 Å². The van der Waals surface area contributed by atoms with Crippen LogP contribution < -0.4 is 4.74 Å². The molecule has 0 aliphatic carbocycles. The molecule has 2 aliphatic rings. The highest BCUT2D eigenvalue weighted by molar-refractivity contribution is 8.05. The van der Waals surface area contributed by atoms with Crippen molar-refractivity contribution in [2.45, 2.75) is 26.1 Å². The van der Waals surface area contributed by atoms with E-state index in [0.717, 1.165) is 16.7 Å². The zero-order chi connectivity index (χ0) is 21.4. The standard InChI is InChI=1S/C24H21NO4S2/c1-28-14-22(27)25-9-10-29-23-16(13-25)11-15(12-18(23)26)17-5-4-8-21-24(17)31-20-7-3-2-6-19(20)30-21/h2-8,11-12,26H,9-10,13-14H2,1H3. The van der Waals surface area contributed by atoms with Crippen LogP contribution in [-0.4, -0.2) is 42.8 Å². The SMILES string of the molecule is COCC(=O)N1CCOc2c(O)cc(-c3cccc4c3Sc3ccccc3S4)cc2C1. The van der Waals surface area contributed by atoms with E-state index < -0.39 is 0 Å². The molecule has 3 aromatic carbocycles. The summed E-state index contributed by atoms with van der Waals surface area (Å²) in [6, 6.07) is 18.4. The Morgan fingerprint density at radius 1 is 1.10 bits per heavy atom. The highest BCUT2D eigenvalue weighted by Crippen LogP contribution is 2.52. The van der Waals surface area contributed by atoms with Crippen LogP contribution in [-0.2, 0) is 16.1 Å². The van der Waals surface area contributed by atoms with E-state index in [2.05, 4.69) is 36.4 Å². The number of phenolic OH excluding ortho intramolecular Hbond substituents is 1. The smallest absolute Gasteiger partial charge is 0.248 e. The summed E-state index contributed by atoms with van der Waals surface area (Å²) >= 11 is 3.51. The maximum Gasteiger partial charge on any atom is 0.248 e. The molecule has 0 saturated carbocycles. The molecule has 1 amide bonds. The molecule has 0 bridgehead atoms. The first-order chi connectivity index (χ1) is 15.1. The Kier molecular flexibility index (Phi) is 5.56. The fourth-order valence-corrected chi connectivity index (χ4v) is 6.26. The number of ether oxygens (including phenoxy) is 2. The molecule has 0 aromatic heterocycles. The number of benzene rings is 3. The summed E-state index contributed by atoms with van der Waals surface area (Å²) in [5.41, 5.74) is 2.76. The van der Waals surface area contributed by atoms with Crippen molar-refractivity contribution in [3.8, 4) is 22.6 Å². The first-order valence-corrected chi connectivity index (χ1v) is 11.6. The van der Waals surface area contributed by atoms with Gasteiger partial charge < -0.3 is 19.5 Å². The van der Waals surface area contributed by atoms with Crippen molar-refractivity contribution in [3.05, 3.63) is 60.2 Å². The van der Waals surface area contributed by atoms with Crippen LogP contribution in [0.15, 0.2) is 74.2 Å². The van der Waals surface area contributed by atoms with Gasteiger partial charge in [0.15, 0.2) is 11.5 Å². The van der Waals surface area contributed by atoms with Crippen molar-refractivity contribution in [2.75, 3.05) is 26.9 Å². The first kappa shape index (κ1) is 20.3. The Balaban J connectivity index is 1.55. The normalized spacial score (nSPS) is 14.7. The number of carbonyl (C=O) groups is 1. The Labute approximate surface area is 189 Å². The van der Waals surface area contributed by atoms with Gasteiger partial charge in [0.2, 0.25) is 5.91 Å². The maximum atomic E-state index is 12.4. The molecule has 0 spiro atoms. The molecular weight excluding hydrogens is 430 g/mol. The molecule has 3 aromatic rings. The van der Waals surface area contributed by atoms with E-state index in [0.29, 0.717) is 25.4 Å². The topological polar surface area (TPSA) is 59.0 Å². The van der Waals surface area contributed by atoms with Crippen molar-refractivity contribution in [1.29, 1.82) is 0 Å². The maximum absolute atomic E-state index is 12.4. The van der Waals surface area contributed by atoms with Crippen LogP contribution in [0, 0.1) is 0 Å². The second-order valence-corrected chi connectivity index (χ2v) is 9.50. The van der Waals surface area contributed by atoms with Gasteiger partial charge in [0.25, 0.3) is 0 Å². The lowest BCUT2D eigenvalue weighted by Crippen LogP contribution is -2.34. The molecule has 158 valence electrons. The van der Waals surface area contributed by atoms with Crippen molar-refractivity contribution in [1.82, 2.24) is 4.90 Å². The zero-order valence-corrected chi connectivity index (χ0v) is 18.6. The van der Waals surface area contributed by atoms with Gasteiger partial charge in [-0.2, -0.15) is 0 Å². The van der Waals surface area contributed by atoms with Crippen molar-refractivity contribution in [3.63, 3.8) is 0 Å². The van der Waals surface area contributed by atoms with Gasteiger partial charge in [-0.1, -0.05) is 47.8 Å². The molecule has 5 nitrogen and oxygen atoms in total. The number of hydrogen-bond donors (Lipinski definition) is 1. The van der Waals surface area contributed by atoms with Gasteiger partial charge in [0, 0.05) is 38.8 Å². The second-order valence-electron chi connectivity index (χ2n) is 7.36. The molecule has 0 saturated heterocycles. The summed E-state index contributed by atoms with van der Waals surface area (Å²) in [4.78, 5) is 18.9. The van der Waals surface area contributed by atoms with Crippen molar-refractivity contribution < 1.29 is 19.4 Å². The molecule has 0 radical (unpaired) electrons. The lowest BCUT2D eigenvalue weighted by atomic mass is 10.0. The van der Waals surface area contributed by atoms with Crippen LogP contribution >= 0.6 is 23.5 Å². The first-order valence-electron chi connectivity index (χ1n) is 9.97. The number of hydrogen-bond acceptors (Lipinski definition) is 6. The van der Waals surface area contributed by atoms with Gasteiger partial charge in [0.05, 0.1) is 6.54 Å². The highest BCUT2D eigenvalue weighted by Gasteiger charge is 2.25. The van der Waals surface area contributed by atoms with Gasteiger partial charge in [0.1, 0.15) is 13.2 Å². The zero-order valence-electron chi connectivity index (χ0n) is 17.0. The Morgan fingerprint density at radius 3 is 2.68 bits per heavy atom. The van der Waals surface area contributed by atoms with E-state index in [1.807, 2.05) is 12.1 Å². The third-order valence-electron chi connectivity index (χ3n) is 5.31. The van der Waals surface area contributed by atoms with Crippen molar-refractivity contribution in [2.24, 2.45) is 0 Å². The van der Waals surface area contributed by atoms with Crippen LogP contribution in [0.4, 0.5) is 0 Å². The molecule has 2 heterocycles. The fourth-order valence-electron chi connectivity index (χ4n) is 3.86. The van der Waals surface area contributed by atoms with Gasteiger partial charge in [-0.25, -0.2) is 0 Å². The Morgan fingerprint density at radius 2 is 1.87 bits per heavy atom. The summed E-state index contributed by atoms with van der Waals surface area (Å²) < 4.78 is 10.8. The average molecular weight is 452 g/mol. The quantitative estimate of drug-likeness (QED) is 0.471. The number of methoxy groups -OCH3 is 1. The minimum atomic E-state index is -0.0931. The number of nitrogens with zero attached hydrogens (tertiary/aromatic N) is 1. The van der Waals surface area contributed by atoms with Gasteiger partial charge >= 0.3 is 0 Å². The third-order valence-corrected chi connectivity index (χ3v) is 7.92. The Bertz CT molecular complexity index is 1160. The summed E-state index contributed by atoms with van der Waals surface area (Å²) in [7, 11) is 1.51. The number of carbonyl (C=O) groups excluding carboxylic acids is 1. The molecule has 2 aliphatic heterocycles. The number of amides is 1. The molecule has 0 unspecified atom stereocenters. The lowest BCUT2D eigenvalue weighted by Gasteiger charge is -2.22. The lowest BCUT2D eigenvalue weighted by molar-refractivity contribution is -0.135. The van der Waals surface area contributed by atoms with E-state index in [4.69, 9.17) is 9.47 Å². The largest absolute Gasteiger partial charge is 0.504 e. The summed E-state index contributed by atoms with van der Waals surface area (Å²) in [6.07, 6.45) is 0. The molecule has 31 heavy (non-hydrogen) atoms. The minimum absolute atomic E-state index is 0.0282. The number of rotatable bonds is 3.